The quantitative estimate of drug-likeness (QED) is 0.920. The van der Waals surface area contributed by atoms with Crippen molar-refractivity contribution in [3.05, 3.63) is 47.5 Å². The highest BCUT2D eigenvalue weighted by atomic mass is 16.2. The minimum absolute atomic E-state index is 0.176. The van der Waals surface area contributed by atoms with Gasteiger partial charge in [-0.1, -0.05) is 24.3 Å². The second-order valence-electron chi connectivity index (χ2n) is 6.76. The van der Waals surface area contributed by atoms with Crippen molar-refractivity contribution in [3.8, 4) is 0 Å². The molecule has 2 aliphatic rings. The molecule has 6 nitrogen and oxygen atoms in total. The van der Waals surface area contributed by atoms with E-state index < -0.39 is 0 Å². The zero-order valence-electron chi connectivity index (χ0n) is 14.0. The Balaban J connectivity index is 1.37. The van der Waals surface area contributed by atoms with Crippen molar-refractivity contribution in [1.82, 2.24) is 25.0 Å². The van der Waals surface area contributed by atoms with Gasteiger partial charge in [0.2, 0.25) is 5.91 Å². The highest BCUT2D eigenvalue weighted by molar-refractivity contribution is 5.81. The minimum Gasteiger partial charge on any atom is -0.337 e. The highest BCUT2D eigenvalue weighted by Gasteiger charge is 2.27. The number of amides is 1. The lowest BCUT2D eigenvalue weighted by molar-refractivity contribution is -0.134. The molecule has 3 heterocycles. The van der Waals surface area contributed by atoms with E-state index in [4.69, 9.17) is 0 Å². The van der Waals surface area contributed by atoms with Crippen LogP contribution in [-0.4, -0.2) is 44.2 Å². The molecule has 1 aromatic carbocycles. The maximum Gasteiger partial charge on any atom is 0.239 e. The van der Waals surface area contributed by atoms with Gasteiger partial charge in [0, 0.05) is 25.6 Å². The van der Waals surface area contributed by atoms with Crippen molar-refractivity contribution >= 4 is 5.91 Å². The van der Waals surface area contributed by atoms with E-state index in [1.165, 1.54) is 11.1 Å². The summed E-state index contributed by atoms with van der Waals surface area (Å²) in [5, 5.41) is 7.73. The maximum absolute atomic E-state index is 12.8. The van der Waals surface area contributed by atoms with E-state index in [1.54, 1.807) is 6.33 Å². The van der Waals surface area contributed by atoms with Crippen molar-refractivity contribution < 1.29 is 4.79 Å². The molecule has 1 amide bonds. The van der Waals surface area contributed by atoms with Crippen LogP contribution in [0.25, 0.3) is 0 Å². The second kappa shape index (κ2) is 6.36. The summed E-state index contributed by atoms with van der Waals surface area (Å²) in [4.78, 5) is 19.0. The van der Waals surface area contributed by atoms with E-state index >= 15 is 0 Å². The molecular weight excluding hydrogens is 302 g/mol. The van der Waals surface area contributed by atoms with E-state index in [2.05, 4.69) is 33.6 Å². The van der Waals surface area contributed by atoms with Gasteiger partial charge in [-0.15, -0.1) is 0 Å². The number of hydrogen-bond donors (Lipinski definition) is 1. The van der Waals surface area contributed by atoms with Gasteiger partial charge in [0.05, 0.1) is 12.6 Å². The Hall–Kier alpha value is -2.21. The first kappa shape index (κ1) is 15.3. The van der Waals surface area contributed by atoms with E-state index in [1.807, 2.05) is 22.6 Å². The Morgan fingerprint density at radius 1 is 1.29 bits per heavy atom. The lowest BCUT2D eigenvalue weighted by Gasteiger charge is -2.33. The molecule has 0 spiro atoms. The zero-order valence-corrected chi connectivity index (χ0v) is 14.0. The molecule has 2 aliphatic heterocycles. The van der Waals surface area contributed by atoms with E-state index in [0.717, 1.165) is 44.7 Å². The van der Waals surface area contributed by atoms with Gasteiger partial charge in [0.25, 0.3) is 0 Å². The van der Waals surface area contributed by atoms with Crippen LogP contribution in [0.4, 0.5) is 0 Å². The van der Waals surface area contributed by atoms with Gasteiger partial charge >= 0.3 is 0 Å². The molecule has 0 radical (unpaired) electrons. The Morgan fingerprint density at radius 2 is 2.12 bits per heavy atom. The van der Waals surface area contributed by atoms with Gasteiger partial charge < -0.3 is 10.2 Å². The van der Waals surface area contributed by atoms with Gasteiger partial charge in [-0.25, -0.2) is 9.67 Å². The zero-order chi connectivity index (χ0) is 16.5. The molecule has 0 saturated carbocycles. The van der Waals surface area contributed by atoms with E-state index in [9.17, 15) is 4.79 Å². The number of nitrogens with one attached hydrogen (secondary N) is 1. The van der Waals surface area contributed by atoms with Crippen LogP contribution in [-0.2, 0) is 30.7 Å². The van der Waals surface area contributed by atoms with Gasteiger partial charge in [0.1, 0.15) is 12.2 Å². The fraction of sp³-hybridized carbons (Fsp3) is 0.500. The average Bonchev–Trinajstić information content (AvgIpc) is 3.08. The number of benzene rings is 1. The Morgan fingerprint density at radius 3 is 3.00 bits per heavy atom. The molecule has 0 saturated heterocycles. The smallest absolute Gasteiger partial charge is 0.239 e. The van der Waals surface area contributed by atoms with Crippen molar-refractivity contribution in [2.45, 2.75) is 51.4 Å². The van der Waals surface area contributed by atoms with Crippen molar-refractivity contribution in [1.29, 1.82) is 0 Å². The summed E-state index contributed by atoms with van der Waals surface area (Å²) in [6.07, 6.45) is 4.46. The normalized spacial score (nSPS) is 21.0. The number of nitrogens with zero attached hydrogens (tertiary/aromatic N) is 4. The Bertz CT molecular complexity index is 741. The van der Waals surface area contributed by atoms with E-state index in [0.29, 0.717) is 0 Å². The summed E-state index contributed by atoms with van der Waals surface area (Å²) in [5.74, 6) is 1.23. The number of aromatic nitrogens is 3. The van der Waals surface area contributed by atoms with E-state index in [-0.39, 0.29) is 18.0 Å². The Labute approximate surface area is 141 Å². The summed E-state index contributed by atoms with van der Waals surface area (Å²) in [6.45, 7) is 4.29. The van der Waals surface area contributed by atoms with Crippen LogP contribution in [0.3, 0.4) is 0 Å². The largest absolute Gasteiger partial charge is 0.337 e. The number of hydrogen-bond acceptors (Lipinski definition) is 4. The minimum atomic E-state index is -0.176. The monoisotopic (exact) mass is 325 g/mol. The number of fused-ring (bicyclic) bond motifs is 2. The highest BCUT2D eigenvalue weighted by Crippen LogP contribution is 2.19. The van der Waals surface area contributed by atoms with Crippen LogP contribution < -0.4 is 5.32 Å². The molecule has 2 aromatic rings. The molecule has 24 heavy (non-hydrogen) atoms. The second-order valence-corrected chi connectivity index (χ2v) is 6.76. The van der Waals surface area contributed by atoms with Gasteiger partial charge in [-0.05, 0) is 30.9 Å². The molecule has 126 valence electrons. The number of aryl methyl sites for hydroxylation is 1. The van der Waals surface area contributed by atoms with Crippen LogP contribution >= 0.6 is 0 Å². The average molecular weight is 325 g/mol. The van der Waals surface area contributed by atoms with Crippen LogP contribution in [0.5, 0.6) is 0 Å². The third kappa shape index (κ3) is 2.94. The van der Waals surface area contributed by atoms with Crippen molar-refractivity contribution in [2.75, 3.05) is 6.54 Å². The summed E-state index contributed by atoms with van der Waals surface area (Å²) in [6, 6.07) is 8.51. The summed E-state index contributed by atoms with van der Waals surface area (Å²) in [5.41, 5.74) is 2.64. The molecular formula is C18H23N5O. The first-order valence-electron chi connectivity index (χ1n) is 8.69. The summed E-state index contributed by atoms with van der Waals surface area (Å²) in [7, 11) is 0. The molecule has 0 fully saturated rings. The van der Waals surface area contributed by atoms with Crippen LogP contribution in [0.2, 0.25) is 0 Å². The summed E-state index contributed by atoms with van der Waals surface area (Å²) >= 11 is 0. The van der Waals surface area contributed by atoms with Crippen LogP contribution in [0, 0.1) is 0 Å². The predicted octanol–water partition coefficient (Wildman–Crippen LogP) is 1.16. The molecule has 0 bridgehead atoms. The number of carbonyl (C=O) groups is 1. The topological polar surface area (TPSA) is 63.1 Å². The number of carbonyl (C=O) groups excluding carboxylic acids is 1. The number of rotatable bonds is 3. The van der Waals surface area contributed by atoms with Crippen molar-refractivity contribution in [2.24, 2.45) is 0 Å². The maximum atomic E-state index is 12.8. The standard InChI is InChI=1S/C18H23N5O/c1-13(21-16-6-7-17-19-12-20-23(17)11-16)18(24)22-9-8-14-4-2-3-5-15(14)10-22/h2-5,12-13,16,21H,6-11H2,1H3. The van der Waals surface area contributed by atoms with Gasteiger partial charge in [-0.3, -0.25) is 4.79 Å². The molecule has 4 rings (SSSR count). The third-order valence-electron chi connectivity index (χ3n) is 5.10. The first-order chi connectivity index (χ1) is 11.7. The SMILES string of the molecule is CC(NC1CCc2ncnn2C1)C(=O)N1CCc2ccccc2C1. The predicted molar refractivity (Wildman–Crippen MR) is 90.3 cm³/mol. The molecule has 0 aliphatic carbocycles. The molecule has 1 N–H and O–H groups in total. The van der Waals surface area contributed by atoms with Crippen LogP contribution in [0.1, 0.15) is 30.3 Å². The fourth-order valence-corrected chi connectivity index (χ4v) is 3.76. The van der Waals surface area contributed by atoms with Gasteiger partial charge in [0.15, 0.2) is 0 Å². The molecule has 1 aromatic heterocycles. The first-order valence-corrected chi connectivity index (χ1v) is 8.69. The lowest BCUT2D eigenvalue weighted by atomic mass is 9.99. The molecule has 6 heteroatoms. The lowest BCUT2D eigenvalue weighted by Crippen LogP contribution is -2.51. The Kier molecular flexibility index (Phi) is 4.06. The van der Waals surface area contributed by atoms with Crippen molar-refractivity contribution in [3.63, 3.8) is 0 Å². The summed E-state index contributed by atoms with van der Waals surface area (Å²) < 4.78 is 1.94. The molecule has 2 atom stereocenters. The van der Waals surface area contributed by atoms with Gasteiger partial charge in [-0.2, -0.15) is 5.10 Å². The third-order valence-corrected chi connectivity index (χ3v) is 5.10. The fourth-order valence-electron chi connectivity index (χ4n) is 3.76. The molecule has 2 unspecified atom stereocenters. The van der Waals surface area contributed by atoms with Crippen LogP contribution in [0.15, 0.2) is 30.6 Å².